The highest BCUT2D eigenvalue weighted by atomic mass is 16.5. The molecule has 0 saturated carbocycles. The third kappa shape index (κ3) is 3.50. The van der Waals surface area contributed by atoms with Crippen molar-refractivity contribution < 1.29 is 9.53 Å². The monoisotopic (exact) mass is 276 g/mol. The van der Waals surface area contributed by atoms with Crippen LogP contribution in [0.25, 0.3) is 0 Å². The Morgan fingerprint density at radius 1 is 1.40 bits per heavy atom. The van der Waals surface area contributed by atoms with Crippen molar-refractivity contribution in [3.05, 3.63) is 24.3 Å². The molecule has 0 fully saturated rings. The summed E-state index contributed by atoms with van der Waals surface area (Å²) in [6, 6.07) is 0.321. The fourth-order valence-electron chi connectivity index (χ4n) is 1.56. The van der Waals surface area contributed by atoms with Crippen molar-refractivity contribution >= 4 is 17.9 Å². The van der Waals surface area contributed by atoms with Gasteiger partial charge in [0.2, 0.25) is 5.96 Å². The van der Waals surface area contributed by atoms with Gasteiger partial charge in [0.15, 0.2) is 5.66 Å². The molecule has 0 radical (unpaired) electrons. The molecule has 0 aromatic carbocycles. The van der Waals surface area contributed by atoms with E-state index in [2.05, 4.69) is 30.6 Å². The zero-order chi connectivity index (χ0) is 14.6. The highest BCUT2D eigenvalue weighted by molar-refractivity contribution is 6.09. The van der Waals surface area contributed by atoms with Crippen LogP contribution < -0.4 is 10.6 Å². The lowest BCUT2D eigenvalue weighted by Crippen LogP contribution is -2.49. The first-order chi connectivity index (χ1) is 9.50. The van der Waals surface area contributed by atoms with Gasteiger partial charge in [-0.3, -0.25) is 20.4 Å². The number of aromatic nitrogens is 2. The highest BCUT2D eigenvalue weighted by Crippen LogP contribution is 2.13. The smallest absolute Gasteiger partial charge is 0.293 e. The number of guanidine groups is 1. The van der Waals surface area contributed by atoms with Crippen molar-refractivity contribution in [1.82, 2.24) is 20.6 Å². The summed E-state index contributed by atoms with van der Waals surface area (Å²) in [6.45, 7) is 5.93. The maximum atomic E-state index is 12.0. The lowest BCUT2D eigenvalue weighted by atomic mass is 10.3. The van der Waals surface area contributed by atoms with Gasteiger partial charge in [-0.25, -0.2) is 15.0 Å². The predicted octanol–water partition coefficient (Wildman–Crippen LogP) is 0.294. The Bertz CT molecular complexity index is 552. The van der Waals surface area contributed by atoms with Crippen LogP contribution in [0.3, 0.4) is 0 Å². The van der Waals surface area contributed by atoms with E-state index in [1.807, 2.05) is 6.92 Å². The van der Waals surface area contributed by atoms with Crippen molar-refractivity contribution in [1.29, 1.82) is 0 Å². The number of carbonyl (C=O) groups is 1. The molecule has 0 saturated heterocycles. The number of rotatable bonds is 2. The van der Waals surface area contributed by atoms with Crippen molar-refractivity contribution in [3.8, 4) is 0 Å². The summed E-state index contributed by atoms with van der Waals surface area (Å²) in [5.74, 6) is -0.137. The number of aliphatic imine (C=N–C) groups is 2. The highest BCUT2D eigenvalue weighted by Gasteiger charge is 2.25. The van der Waals surface area contributed by atoms with Crippen LogP contribution in [0.15, 0.2) is 28.6 Å². The summed E-state index contributed by atoms with van der Waals surface area (Å²) in [4.78, 5) is 28.3. The normalized spacial score (nSPS) is 16.6. The van der Waals surface area contributed by atoms with Crippen LogP contribution in [0.5, 0.6) is 0 Å². The van der Waals surface area contributed by atoms with E-state index in [1.165, 1.54) is 18.6 Å². The summed E-state index contributed by atoms with van der Waals surface area (Å²) in [6.07, 6.45) is 4.32. The molecule has 2 rings (SSSR count). The van der Waals surface area contributed by atoms with Crippen molar-refractivity contribution in [2.45, 2.75) is 26.4 Å². The van der Waals surface area contributed by atoms with E-state index in [4.69, 9.17) is 4.74 Å². The summed E-state index contributed by atoms with van der Waals surface area (Å²) < 4.78 is 5.31. The van der Waals surface area contributed by atoms with E-state index in [0.717, 1.165) is 0 Å². The molecule has 20 heavy (non-hydrogen) atoms. The topological polar surface area (TPSA) is 101 Å². The molecule has 0 bridgehead atoms. The Morgan fingerprint density at radius 3 is 2.85 bits per heavy atom. The third-order valence-electron chi connectivity index (χ3n) is 2.29. The van der Waals surface area contributed by atoms with Crippen LogP contribution in [0.1, 0.15) is 31.3 Å². The second-order valence-electron chi connectivity index (χ2n) is 4.47. The van der Waals surface area contributed by atoms with Gasteiger partial charge in [-0.15, -0.1) is 0 Å². The first-order valence-electron chi connectivity index (χ1n) is 6.17. The van der Waals surface area contributed by atoms with Gasteiger partial charge in [0.1, 0.15) is 5.69 Å². The number of nitrogens with one attached hydrogen (secondary N) is 2. The number of nitrogens with zero attached hydrogens (tertiary/aromatic N) is 4. The number of hydrogen-bond acceptors (Lipinski definition) is 7. The molecule has 1 aromatic rings. The van der Waals surface area contributed by atoms with Gasteiger partial charge in [0.25, 0.3) is 11.9 Å². The summed E-state index contributed by atoms with van der Waals surface area (Å²) >= 11 is 0. The quantitative estimate of drug-likeness (QED) is 0.808. The summed E-state index contributed by atoms with van der Waals surface area (Å²) in [7, 11) is 0. The lowest BCUT2D eigenvalue weighted by Gasteiger charge is -2.25. The third-order valence-corrected chi connectivity index (χ3v) is 2.29. The molecule has 0 spiro atoms. The van der Waals surface area contributed by atoms with Gasteiger partial charge in [-0.05, 0) is 20.8 Å². The second kappa shape index (κ2) is 5.64. The van der Waals surface area contributed by atoms with E-state index in [9.17, 15) is 4.79 Å². The molecule has 1 aliphatic heterocycles. The van der Waals surface area contributed by atoms with Gasteiger partial charge in [0.05, 0.1) is 12.8 Å². The minimum absolute atomic E-state index is 0.204. The van der Waals surface area contributed by atoms with Crippen molar-refractivity contribution in [3.63, 3.8) is 0 Å². The van der Waals surface area contributed by atoms with Gasteiger partial charge >= 0.3 is 0 Å². The Kier molecular flexibility index (Phi) is 3.92. The average Bonchev–Trinajstić information content (AvgIpc) is 2.38. The van der Waals surface area contributed by atoms with E-state index in [0.29, 0.717) is 12.6 Å². The number of amides is 1. The molecule has 0 unspecified atom stereocenters. The van der Waals surface area contributed by atoms with Crippen LogP contribution in [-0.4, -0.2) is 40.1 Å². The zero-order valence-corrected chi connectivity index (χ0v) is 11.5. The molecule has 106 valence electrons. The summed E-state index contributed by atoms with van der Waals surface area (Å²) in [5.41, 5.74) is -0.504. The molecule has 8 nitrogen and oxygen atoms in total. The standard InChI is InChI=1S/C12H16N6O2/c1-4-20-11-16-10(17-12(2,3)18-11)15-9(19)8-7-13-5-6-14-8/h5-7H,4H2,1-3H3,(H2,15,16,17,18,19). The zero-order valence-electron chi connectivity index (χ0n) is 11.5. The molecule has 1 aromatic heterocycles. The molecular formula is C12H16N6O2. The Morgan fingerprint density at radius 2 is 2.20 bits per heavy atom. The predicted molar refractivity (Wildman–Crippen MR) is 73.2 cm³/mol. The van der Waals surface area contributed by atoms with Gasteiger partial charge in [-0.1, -0.05) is 0 Å². The molecule has 1 amide bonds. The Labute approximate surface area is 116 Å². The van der Waals surface area contributed by atoms with Crippen molar-refractivity contribution in [2.75, 3.05) is 6.61 Å². The lowest BCUT2D eigenvalue weighted by molar-refractivity contribution is 0.0970. The fraction of sp³-hybridized carbons (Fsp3) is 0.417. The number of hydrogen-bond donors (Lipinski definition) is 2. The largest absolute Gasteiger partial charge is 0.465 e. The van der Waals surface area contributed by atoms with E-state index in [-0.39, 0.29) is 11.7 Å². The molecular weight excluding hydrogens is 260 g/mol. The maximum absolute atomic E-state index is 12.0. The van der Waals surface area contributed by atoms with E-state index in [1.54, 1.807) is 13.8 Å². The van der Waals surface area contributed by atoms with Crippen LogP contribution in [0.2, 0.25) is 0 Å². The van der Waals surface area contributed by atoms with E-state index < -0.39 is 11.6 Å². The molecule has 0 aliphatic carbocycles. The minimum atomic E-state index is -0.708. The second-order valence-corrected chi connectivity index (χ2v) is 4.47. The van der Waals surface area contributed by atoms with Crippen LogP contribution in [-0.2, 0) is 4.74 Å². The number of ether oxygens (including phenoxy) is 1. The first-order valence-corrected chi connectivity index (χ1v) is 6.17. The Balaban J connectivity index is 2.10. The maximum Gasteiger partial charge on any atom is 0.293 e. The van der Waals surface area contributed by atoms with Gasteiger partial charge in [0, 0.05) is 12.4 Å². The fourth-order valence-corrected chi connectivity index (χ4v) is 1.56. The van der Waals surface area contributed by atoms with Gasteiger partial charge < -0.3 is 4.74 Å². The van der Waals surface area contributed by atoms with E-state index >= 15 is 0 Å². The first kappa shape index (κ1) is 13.9. The van der Waals surface area contributed by atoms with Crippen molar-refractivity contribution in [2.24, 2.45) is 9.98 Å². The minimum Gasteiger partial charge on any atom is -0.465 e. The molecule has 2 heterocycles. The van der Waals surface area contributed by atoms with Crippen LogP contribution in [0.4, 0.5) is 0 Å². The summed E-state index contributed by atoms with van der Waals surface area (Å²) in [5, 5.41) is 5.42. The van der Waals surface area contributed by atoms with Crippen LogP contribution in [0, 0.1) is 0 Å². The average molecular weight is 276 g/mol. The number of carbonyl (C=O) groups excluding carboxylic acids is 1. The molecule has 2 N–H and O–H groups in total. The Hall–Kier alpha value is -2.51. The van der Waals surface area contributed by atoms with Crippen LogP contribution >= 0.6 is 0 Å². The number of amidine groups is 1. The molecule has 1 aliphatic rings. The SMILES string of the molecule is CCOC1=NC(C)(C)N=C(NC(=O)c2cnccn2)N1. The van der Waals surface area contributed by atoms with Gasteiger partial charge in [-0.2, -0.15) is 0 Å². The molecule has 8 heteroatoms. The molecule has 0 atom stereocenters.